The van der Waals surface area contributed by atoms with Gasteiger partial charge in [-0.2, -0.15) is 5.26 Å². The molecule has 0 aromatic heterocycles. The molecule has 0 unspecified atom stereocenters. The van der Waals surface area contributed by atoms with E-state index in [2.05, 4.69) is 23.0 Å². The third-order valence-corrected chi connectivity index (χ3v) is 5.75. The Hall–Kier alpha value is -4.66. The van der Waals surface area contributed by atoms with Crippen LogP contribution in [0.1, 0.15) is 11.1 Å². The van der Waals surface area contributed by atoms with Gasteiger partial charge < -0.3 is 0 Å². The Morgan fingerprint density at radius 2 is 0.969 bits per heavy atom. The third-order valence-electron chi connectivity index (χ3n) is 5.75. The monoisotopic (exact) mass is 406 g/mol. The maximum atomic E-state index is 10.2. The second-order valence-electron chi connectivity index (χ2n) is 7.52. The highest BCUT2D eigenvalue weighted by Gasteiger charge is 2.14. The molecule has 2 heteroatoms. The van der Waals surface area contributed by atoms with Crippen LogP contribution in [-0.2, 0) is 0 Å². The van der Waals surface area contributed by atoms with E-state index in [-0.39, 0.29) is 0 Å². The van der Waals surface area contributed by atoms with Crippen LogP contribution in [0.25, 0.3) is 37.7 Å². The fourth-order valence-corrected chi connectivity index (χ4v) is 4.38. The second kappa shape index (κ2) is 8.23. The van der Waals surface area contributed by atoms with Crippen molar-refractivity contribution >= 4 is 32.8 Å². The van der Waals surface area contributed by atoms with Gasteiger partial charge in [0, 0.05) is 5.22 Å². The van der Waals surface area contributed by atoms with Gasteiger partial charge in [-0.1, -0.05) is 109 Å². The van der Waals surface area contributed by atoms with Gasteiger partial charge in [-0.15, -0.1) is 0 Å². The first-order chi connectivity index (χ1) is 15.8. The van der Waals surface area contributed by atoms with Crippen molar-refractivity contribution in [1.29, 1.82) is 5.26 Å². The van der Waals surface area contributed by atoms with Crippen LogP contribution in [0.5, 0.6) is 0 Å². The molecule has 5 rings (SSSR count). The third kappa shape index (κ3) is 3.12. The lowest BCUT2D eigenvalue weighted by Crippen LogP contribution is -2.19. The number of hydrogen-bond acceptors (Lipinski definition) is 1. The molecule has 0 aliphatic rings. The molecule has 0 heterocycles. The predicted molar refractivity (Wildman–Crippen MR) is 131 cm³/mol. The number of rotatable bonds is 2. The number of nitrogens with zero attached hydrogens (tertiary/aromatic N) is 2. The zero-order chi connectivity index (χ0) is 21.9. The molecular weight excluding hydrogens is 388 g/mol. The van der Waals surface area contributed by atoms with E-state index >= 15 is 0 Å². The first-order valence-corrected chi connectivity index (χ1v) is 10.4. The molecule has 0 radical (unpaired) electrons. The van der Waals surface area contributed by atoms with Crippen LogP contribution >= 0.6 is 0 Å². The molecule has 0 N–H and O–H groups in total. The summed E-state index contributed by atoms with van der Waals surface area (Å²) in [6.07, 6.45) is 0. The van der Waals surface area contributed by atoms with Gasteiger partial charge in [0.1, 0.15) is 6.07 Å². The van der Waals surface area contributed by atoms with Crippen LogP contribution in [0, 0.1) is 17.9 Å². The highest BCUT2D eigenvalue weighted by Crippen LogP contribution is 2.21. The van der Waals surface area contributed by atoms with Crippen molar-refractivity contribution in [3.63, 3.8) is 0 Å². The zero-order valence-electron chi connectivity index (χ0n) is 17.3. The van der Waals surface area contributed by atoms with Crippen molar-refractivity contribution in [2.24, 2.45) is 0 Å². The van der Waals surface area contributed by atoms with Gasteiger partial charge in [-0.3, -0.25) is 0 Å². The molecule has 2 nitrogen and oxygen atoms in total. The largest absolute Gasteiger partial charge is 0.237 e. The van der Waals surface area contributed by atoms with Crippen LogP contribution in [0.15, 0.2) is 109 Å². The Balaban J connectivity index is 2.14. The van der Waals surface area contributed by atoms with E-state index < -0.39 is 0 Å². The number of nitriles is 1. The molecule has 0 saturated heterocycles. The summed E-state index contributed by atoms with van der Waals surface area (Å²) in [4.78, 5) is 3.98. The number of fused-ring (bicyclic) bond motifs is 2. The van der Waals surface area contributed by atoms with Crippen LogP contribution < -0.4 is 10.4 Å². The van der Waals surface area contributed by atoms with Crippen molar-refractivity contribution in [2.75, 3.05) is 0 Å². The highest BCUT2D eigenvalue weighted by molar-refractivity contribution is 6.05. The summed E-state index contributed by atoms with van der Waals surface area (Å²) < 4.78 is 0. The SMILES string of the molecule is [C-]#[N+]C(c1ccccc1)=c1c2ccccc2c(=C(C#N)c2ccccc2)c2ccccc12. The molecule has 5 aromatic rings. The minimum Gasteiger partial charge on any atom is -0.237 e. The average molecular weight is 406 g/mol. The molecular formula is C30H18N2. The molecule has 0 saturated carbocycles. The van der Waals surface area contributed by atoms with Gasteiger partial charge in [-0.25, -0.2) is 4.85 Å². The van der Waals surface area contributed by atoms with Crippen LogP contribution in [0.4, 0.5) is 0 Å². The second-order valence-corrected chi connectivity index (χ2v) is 7.52. The Labute approximate surface area is 186 Å². The Morgan fingerprint density at radius 3 is 1.41 bits per heavy atom. The fourth-order valence-electron chi connectivity index (χ4n) is 4.38. The Bertz CT molecular complexity index is 1480. The molecule has 148 valence electrons. The number of hydrogen-bond donors (Lipinski definition) is 0. The Morgan fingerprint density at radius 1 is 0.562 bits per heavy atom. The first kappa shape index (κ1) is 19.3. The van der Waals surface area contributed by atoms with Gasteiger partial charge in [-0.05, 0) is 37.9 Å². The molecule has 0 spiro atoms. The predicted octanol–water partition coefficient (Wildman–Crippen LogP) is 5.79. The molecule has 0 fully saturated rings. The molecule has 0 amide bonds. The molecule has 32 heavy (non-hydrogen) atoms. The summed E-state index contributed by atoms with van der Waals surface area (Å²) in [6.45, 7) is 8.02. The lowest BCUT2D eigenvalue weighted by atomic mass is 9.92. The summed E-state index contributed by atoms with van der Waals surface area (Å²) in [7, 11) is 0. The fraction of sp³-hybridized carbons (Fsp3) is 0. The van der Waals surface area contributed by atoms with E-state index in [9.17, 15) is 5.26 Å². The Kier molecular flexibility index (Phi) is 4.97. The van der Waals surface area contributed by atoms with Crippen molar-refractivity contribution in [1.82, 2.24) is 0 Å². The normalized spacial score (nSPS) is 10.4. The van der Waals surface area contributed by atoms with E-state index in [0.29, 0.717) is 11.3 Å². The van der Waals surface area contributed by atoms with Gasteiger partial charge in [0.25, 0.3) is 0 Å². The van der Waals surface area contributed by atoms with Crippen molar-refractivity contribution in [3.05, 3.63) is 142 Å². The van der Waals surface area contributed by atoms with E-state index in [4.69, 9.17) is 6.57 Å². The minimum absolute atomic E-state index is 0.614. The molecule has 0 bridgehead atoms. The summed E-state index contributed by atoms with van der Waals surface area (Å²) in [5, 5.41) is 15.9. The maximum absolute atomic E-state index is 10.2. The standard InChI is InChI=1S/C30H18N2/c1-32-30(22-14-6-3-7-15-22)29-25-18-10-8-16-23(25)28(24-17-9-11-19-26(24)29)27(20-31)21-12-4-2-5-13-21/h2-19H. The number of benzene rings is 5. The van der Waals surface area contributed by atoms with Crippen LogP contribution in [0.2, 0.25) is 0 Å². The van der Waals surface area contributed by atoms with E-state index in [1.54, 1.807) is 0 Å². The lowest BCUT2D eigenvalue weighted by molar-refractivity contribution is 1.51. The van der Waals surface area contributed by atoms with Crippen LogP contribution in [0.3, 0.4) is 0 Å². The van der Waals surface area contributed by atoms with Crippen molar-refractivity contribution < 1.29 is 0 Å². The quantitative estimate of drug-likeness (QED) is 0.269. The highest BCUT2D eigenvalue weighted by atomic mass is 14.7. The maximum Gasteiger partial charge on any atom is 0.202 e. The summed E-state index contributed by atoms with van der Waals surface area (Å²) in [5.41, 5.74) is 3.02. The minimum atomic E-state index is 0.614. The van der Waals surface area contributed by atoms with Gasteiger partial charge in [0.05, 0.1) is 12.1 Å². The first-order valence-electron chi connectivity index (χ1n) is 10.4. The van der Waals surface area contributed by atoms with E-state index in [0.717, 1.165) is 43.1 Å². The van der Waals surface area contributed by atoms with Crippen LogP contribution in [-0.4, -0.2) is 0 Å². The molecule has 0 aliphatic carbocycles. The summed E-state index contributed by atoms with van der Waals surface area (Å²) in [6, 6.07) is 38.2. The topological polar surface area (TPSA) is 28.1 Å². The smallest absolute Gasteiger partial charge is 0.202 e. The van der Waals surface area contributed by atoms with E-state index in [1.165, 1.54) is 0 Å². The van der Waals surface area contributed by atoms with Gasteiger partial charge in [0.15, 0.2) is 0 Å². The van der Waals surface area contributed by atoms with Crippen molar-refractivity contribution in [2.45, 2.75) is 0 Å². The van der Waals surface area contributed by atoms with E-state index in [1.807, 2.05) is 97.1 Å². The summed E-state index contributed by atoms with van der Waals surface area (Å²) in [5.74, 6) is 0. The molecule has 0 aliphatic heterocycles. The van der Waals surface area contributed by atoms with Gasteiger partial charge in [0.2, 0.25) is 5.70 Å². The average Bonchev–Trinajstić information content (AvgIpc) is 2.87. The summed E-state index contributed by atoms with van der Waals surface area (Å²) >= 11 is 0. The molecule has 0 atom stereocenters. The van der Waals surface area contributed by atoms with Gasteiger partial charge >= 0.3 is 0 Å². The lowest BCUT2D eigenvalue weighted by Gasteiger charge is -2.11. The zero-order valence-corrected chi connectivity index (χ0v) is 17.3. The molecule has 5 aromatic carbocycles. The van der Waals surface area contributed by atoms with Crippen molar-refractivity contribution in [3.8, 4) is 6.07 Å².